The molecule has 0 aromatic heterocycles. The standard InChI is InChI=1S/C22H24FN5O3/c1-13(29)24-11-17-12-28(21(30)31-17)16-8-9-18(19(23)10-16)14-4-6-15(7-5-14)20-25-22(2,3)27-26-20/h4-10,17,27H,11-12H2,1-3H3,(H,24,29)(H,25,26). The summed E-state index contributed by atoms with van der Waals surface area (Å²) in [5.41, 5.74) is 8.19. The summed E-state index contributed by atoms with van der Waals surface area (Å²) in [6, 6.07) is 12.1. The molecule has 2 heterocycles. The molecule has 31 heavy (non-hydrogen) atoms. The first-order valence-corrected chi connectivity index (χ1v) is 9.98. The number of hydrazine groups is 1. The Balaban J connectivity index is 1.49. The van der Waals surface area contributed by atoms with E-state index in [0.717, 1.165) is 11.4 Å². The van der Waals surface area contributed by atoms with Gasteiger partial charge in [-0.1, -0.05) is 24.3 Å². The van der Waals surface area contributed by atoms with Gasteiger partial charge in [0.15, 0.2) is 0 Å². The molecular weight excluding hydrogens is 401 g/mol. The van der Waals surface area contributed by atoms with Gasteiger partial charge < -0.3 is 15.5 Å². The number of halogens is 1. The van der Waals surface area contributed by atoms with Crippen LogP contribution < -0.4 is 21.1 Å². The van der Waals surface area contributed by atoms with Crippen LogP contribution in [0.1, 0.15) is 26.3 Å². The first kappa shape index (κ1) is 20.8. The van der Waals surface area contributed by atoms with Crippen molar-refractivity contribution in [1.29, 1.82) is 0 Å². The smallest absolute Gasteiger partial charge is 0.414 e. The van der Waals surface area contributed by atoms with E-state index >= 15 is 0 Å². The van der Waals surface area contributed by atoms with Gasteiger partial charge in [-0.3, -0.25) is 9.69 Å². The lowest BCUT2D eigenvalue weighted by atomic mass is 10.0. The minimum absolute atomic E-state index is 0.202. The van der Waals surface area contributed by atoms with Crippen LogP contribution in [0.4, 0.5) is 14.9 Å². The highest BCUT2D eigenvalue weighted by molar-refractivity contribution is 6.00. The first-order valence-electron chi connectivity index (χ1n) is 9.98. The van der Waals surface area contributed by atoms with Gasteiger partial charge in [-0.05, 0) is 37.6 Å². The van der Waals surface area contributed by atoms with E-state index in [9.17, 15) is 14.0 Å². The minimum atomic E-state index is -0.562. The molecule has 0 spiro atoms. The highest BCUT2D eigenvalue weighted by Gasteiger charge is 2.32. The van der Waals surface area contributed by atoms with Gasteiger partial charge in [0.25, 0.3) is 0 Å². The molecule has 9 heteroatoms. The lowest BCUT2D eigenvalue weighted by Gasteiger charge is -2.14. The fourth-order valence-electron chi connectivity index (χ4n) is 3.49. The molecule has 0 aliphatic carbocycles. The Kier molecular flexibility index (Phi) is 5.36. The third kappa shape index (κ3) is 4.51. The van der Waals surface area contributed by atoms with E-state index in [1.54, 1.807) is 12.1 Å². The summed E-state index contributed by atoms with van der Waals surface area (Å²) in [7, 11) is 0. The van der Waals surface area contributed by atoms with Crippen LogP contribution in [0.25, 0.3) is 11.1 Å². The van der Waals surface area contributed by atoms with Crippen molar-refractivity contribution in [3.63, 3.8) is 0 Å². The zero-order chi connectivity index (χ0) is 22.2. The van der Waals surface area contributed by atoms with Crippen LogP contribution in [-0.4, -0.2) is 42.7 Å². The SMILES string of the molecule is CC(=O)NCC1CN(c2ccc(-c3ccc(C4=NC(C)(C)NN4)cc3)c(F)c2)C(=O)O1. The van der Waals surface area contributed by atoms with Gasteiger partial charge in [-0.2, -0.15) is 0 Å². The van der Waals surface area contributed by atoms with Crippen molar-refractivity contribution >= 4 is 23.5 Å². The van der Waals surface area contributed by atoms with Gasteiger partial charge in [0.05, 0.1) is 18.8 Å². The maximum Gasteiger partial charge on any atom is 0.414 e. The lowest BCUT2D eigenvalue weighted by molar-refractivity contribution is -0.119. The number of cyclic esters (lactones) is 1. The molecule has 2 aliphatic rings. The van der Waals surface area contributed by atoms with Crippen molar-refractivity contribution in [2.45, 2.75) is 32.5 Å². The number of amidine groups is 1. The van der Waals surface area contributed by atoms with Gasteiger partial charge in [0.2, 0.25) is 5.91 Å². The van der Waals surface area contributed by atoms with Crippen LogP contribution in [0, 0.1) is 5.82 Å². The number of hydrogen-bond donors (Lipinski definition) is 3. The van der Waals surface area contributed by atoms with Crippen LogP contribution in [-0.2, 0) is 9.53 Å². The second kappa shape index (κ2) is 7.99. The Morgan fingerprint density at radius 2 is 1.97 bits per heavy atom. The Bertz CT molecular complexity index is 1050. The largest absolute Gasteiger partial charge is 0.442 e. The normalized spacial score (nSPS) is 19.6. The zero-order valence-corrected chi connectivity index (χ0v) is 17.5. The number of anilines is 1. The summed E-state index contributed by atoms with van der Waals surface area (Å²) in [4.78, 5) is 29.1. The molecule has 2 aromatic rings. The van der Waals surface area contributed by atoms with Crippen LogP contribution in [0.5, 0.6) is 0 Å². The average Bonchev–Trinajstić information content (AvgIpc) is 3.28. The summed E-state index contributed by atoms with van der Waals surface area (Å²) in [5.74, 6) is 0.0860. The Labute approximate surface area is 179 Å². The van der Waals surface area contributed by atoms with Gasteiger partial charge >= 0.3 is 6.09 Å². The predicted octanol–water partition coefficient (Wildman–Crippen LogP) is 2.54. The van der Waals surface area contributed by atoms with Crippen molar-refractivity contribution in [3.05, 3.63) is 53.8 Å². The molecular formula is C22H24FN5O3. The molecule has 0 bridgehead atoms. The molecule has 1 unspecified atom stereocenters. The molecule has 2 aliphatic heterocycles. The Morgan fingerprint density at radius 1 is 1.26 bits per heavy atom. The maximum absolute atomic E-state index is 14.9. The topological polar surface area (TPSA) is 95.1 Å². The number of nitrogens with one attached hydrogen (secondary N) is 3. The monoisotopic (exact) mass is 425 g/mol. The minimum Gasteiger partial charge on any atom is -0.442 e. The quantitative estimate of drug-likeness (QED) is 0.684. The molecule has 162 valence electrons. The number of carbonyl (C=O) groups excluding carboxylic acids is 2. The van der Waals surface area contributed by atoms with Crippen molar-refractivity contribution < 1.29 is 18.7 Å². The lowest BCUT2D eigenvalue weighted by Crippen LogP contribution is -2.41. The molecule has 0 radical (unpaired) electrons. The number of amides is 2. The summed E-state index contributed by atoms with van der Waals surface area (Å²) in [6.07, 6.45) is -1.04. The van der Waals surface area contributed by atoms with E-state index in [4.69, 9.17) is 4.74 Å². The van der Waals surface area contributed by atoms with Gasteiger partial charge in [-0.25, -0.2) is 19.6 Å². The zero-order valence-electron chi connectivity index (χ0n) is 17.5. The van der Waals surface area contributed by atoms with Gasteiger partial charge in [0, 0.05) is 18.1 Å². The second-order valence-corrected chi connectivity index (χ2v) is 8.06. The summed E-state index contributed by atoms with van der Waals surface area (Å²) >= 11 is 0. The van der Waals surface area contributed by atoms with Crippen LogP contribution in [0.3, 0.4) is 0 Å². The Hall–Kier alpha value is -3.46. The highest BCUT2D eigenvalue weighted by Crippen LogP contribution is 2.29. The van der Waals surface area contributed by atoms with E-state index in [1.807, 2.05) is 38.1 Å². The van der Waals surface area contributed by atoms with Crippen molar-refractivity contribution in [2.24, 2.45) is 4.99 Å². The molecule has 2 amide bonds. The fraction of sp³-hybridized carbons (Fsp3) is 0.318. The number of hydrogen-bond acceptors (Lipinski definition) is 6. The van der Waals surface area contributed by atoms with Crippen molar-refractivity contribution in [2.75, 3.05) is 18.0 Å². The van der Waals surface area contributed by atoms with E-state index in [0.29, 0.717) is 16.8 Å². The molecule has 1 saturated heterocycles. The number of carbonyl (C=O) groups is 2. The number of rotatable bonds is 5. The average molecular weight is 425 g/mol. The van der Waals surface area contributed by atoms with E-state index in [1.165, 1.54) is 17.9 Å². The van der Waals surface area contributed by atoms with Crippen molar-refractivity contribution in [3.8, 4) is 11.1 Å². The molecule has 2 aromatic carbocycles. The predicted molar refractivity (Wildman–Crippen MR) is 115 cm³/mol. The third-order valence-corrected chi connectivity index (χ3v) is 5.06. The number of ether oxygens (including phenoxy) is 1. The van der Waals surface area contributed by atoms with Gasteiger partial charge in [0.1, 0.15) is 23.4 Å². The summed E-state index contributed by atoms with van der Waals surface area (Å²) < 4.78 is 20.1. The maximum atomic E-state index is 14.9. The second-order valence-electron chi connectivity index (χ2n) is 8.06. The van der Waals surface area contributed by atoms with Gasteiger partial charge in [-0.15, -0.1) is 0 Å². The molecule has 0 saturated carbocycles. The van der Waals surface area contributed by atoms with Crippen LogP contribution >= 0.6 is 0 Å². The molecule has 1 atom stereocenters. The molecule has 4 rings (SSSR count). The van der Waals surface area contributed by atoms with E-state index in [2.05, 4.69) is 21.2 Å². The fourth-order valence-corrected chi connectivity index (χ4v) is 3.49. The number of aliphatic imine (C=N–C) groups is 1. The van der Waals surface area contributed by atoms with Crippen LogP contribution in [0.2, 0.25) is 0 Å². The summed E-state index contributed by atoms with van der Waals surface area (Å²) in [6.45, 7) is 5.76. The first-order chi connectivity index (χ1) is 14.7. The summed E-state index contributed by atoms with van der Waals surface area (Å²) in [5, 5.41) is 2.62. The van der Waals surface area contributed by atoms with E-state index in [-0.39, 0.29) is 24.7 Å². The molecule has 8 nitrogen and oxygen atoms in total. The van der Waals surface area contributed by atoms with E-state index < -0.39 is 18.0 Å². The third-order valence-electron chi connectivity index (χ3n) is 5.06. The van der Waals surface area contributed by atoms with Crippen LogP contribution in [0.15, 0.2) is 47.5 Å². The molecule has 3 N–H and O–H groups in total. The number of nitrogens with zero attached hydrogens (tertiary/aromatic N) is 2. The number of benzene rings is 2. The van der Waals surface area contributed by atoms with Crippen molar-refractivity contribution in [1.82, 2.24) is 16.2 Å². The Morgan fingerprint density at radius 3 is 2.58 bits per heavy atom. The molecule has 1 fully saturated rings. The highest BCUT2D eigenvalue weighted by atomic mass is 19.1.